The van der Waals surface area contributed by atoms with E-state index < -0.39 is 0 Å². The molecule has 1 aromatic carbocycles. The number of aromatic nitrogens is 3. The monoisotopic (exact) mass is 209 g/mol. The van der Waals surface area contributed by atoms with E-state index in [9.17, 15) is 0 Å². The summed E-state index contributed by atoms with van der Waals surface area (Å²) >= 11 is 0. The van der Waals surface area contributed by atoms with Crippen LogP contribution in [0.3, 0.4) is 0 Å². The number of hydrogen-bond acceptors (Lipinski definition) is 1. The molecule has 0 fully saturated rings. The fourth-order valence-electron chi connectivity index (χ4n) is 1.97. The zero-order valence-electron chi connectivity index (χ0n) is 8.72. The van der Waals surface area contributed by atoms with E-state index >= 15 is 0 Å². The summed E-state index contributed by atoms with van der Waals surface area (Å²) in [5.74, 6) is 0. The number of nitrogens with one attached hydrogen (secondary N) is 1. The van der Waals surface area contributed by atoms with Crippen molar-refractivity contribution in [1.29, 1.82) is 0 Å². The van der Waals surface area contributed by atoms with Gasteiger partial charge in [-0.3, -0.25) is 5.10 Å². The molecule has 0 spiro atoms. The van der Waals surface area contributed by atoms with Gasteiger partial charge in [-0.25, -0.2) is 0 Å². The van der Waals surface area contributed by atoms with Crippen LogP contribution in [0.4, 0.5) is 0 Å². The summed E-state index contributed by atoms with van der Waals surface area (Å²) in [4.78, 5) is 0. The van der Waals surface area contributed by atoms with E-state index in [2.05, 4.69) is 35.0 Å². The van der Waals surface area contributed by atoms with Crippen molar-refractivity contribution in [1.82, 2.24) is 14.8 Å². The molecule has 3 rings (SSSR count). The summed E-state index contributed by atoms with van der Waals surface area (Å²) in [6, 6.07) is 12.3. The average Bonchev–Trinajstić information content (AvgIpc) is 2.95. The highest BCUT2D eigenvalue weighted by atomic mass is 15.1. The molecule has 0 aliphatic heterocycles. The van der Waals surface area contributed by atoms with Crippen LogP contribution in [0.15, 0.2) is 49.2 Å². The van der Waals surface area contributed by atoms with Gasteiger partial charge in [0, 0.05) is 17.8 Å². The Labute approximate surface area is 93.0 Å². The summed E-state index contributed by atoms with van der Waals surface area (Å²) < 4.78 is 2.05. The first-order valence-corrected chi connectivity index (χ1v) is 5.13. The number of rotatable bonds is 2. The van der Waals surface area contributed by atoms with Gasteiger partial charge in [0.25, 0.3) is 0 Å². The third-order valence-electron chi connectivity index (χ3n) is 2.69. The van der Waals surface area contributed by atoms with Gasteiger partial charge in [0.05, 0.1) is 11.2 Å². The number of fused-ring (bicyclic) bond motifs is 1. The lowest BCUT2D eigenvalue weighted by atomic mass is 10.2. The molecule has 0 saturated carbocycles. The van der Waals surface area contributed by atoms with Crippen molar-refractivity contribution in [3.05, 3.63) is 49.2 Å². The maximum absolute atomic E-state index is 4.20. The second kappa shape index (κ2) is 3.38. The minimum atomic E-state index is 0.927. The third-order valence-corrected chi connectivity index (χ3v) is 2.69. The van der Waals surface area contributed by atoms with Crippen molar-refractivity contribution in [3.63, 3.8) is 0 Å². The van der Waals surface area contributed by atoms with Gasteiger partial charge in [0.2, 0.25) is 0 Å². The predicted molar refractivity (Wildman–Crippen MR) is 65.9 cm³/mol. The van der Waals surface area contributed by atoms with Crippen LogP contribution in [0.1, 0.15) is 0 Å². The van der Waals surface area contributed by atoms with E-state index in [1.165, 1.54) is 5.39 Å². The van der Waals surface area contributed by atoms with E-state index in [1.54, 1.807) is 0 Å². The van der Waals surface area contributed by atoms with Crippen molar-refractivity contribution in [3.8, 4) is 11.4 Å². The van der Waals surface area contributed by atoms with Crippen LogP contribution in [0.5, 0.6) is 0 Å². The number of nitrogens with zero attached hydrogens (tertiary/aromatic N) is 2. The van der Waals surface area contributed by atoms with E-state index in [0.29, 0.717) is 0 Å². The van der Waals surface area contributed by atoms with Gasteiger partial charge < -0.3 is 4.57 Å². The Hall–Kier alpha value is -2.29. The average molecular weight is 209 g/mol. The number of H-pyrrole nitrogens is 1. The van der Waals surface area contributed by atoms with Crippen molar-refractivity contribution in [2.45, 2.75) is 0 Å². The van der Waals surface area contributed by atoms with Crippen molar-refractivity contribution < 1.29 is 0 Å². The highest BCUT2D eigenvalue weighted by molar-refractivity contribution is 5.88. The van der Waals surface area contributed by atoms with E-state index in [4.69, 9.17) is 0 Å². The molecule has 0 radical (unpaired) electrons. The molecule has 0 saturated heterocycles. The second-order valence-electron chi connectivity index (χ2n) is 3.60. The van der Waals surface area contributed by atoms with Gasteiger partial charge in [0.1, 0.15) is 5.69 Å². The molecule has 2 heterocycles. The van der Waals surface area contributed by atoms with Gasteiger partial charge in [-0.05, 0) is 18.2 Å². The van der Waals surface area contributed by atoms with E-state index in [1.807, 2.05) is 35.2 Å². The van der Waals surface area contributed by atoms with Crippen LogP contribution in [-0.4, -0.2) is 14.8 Å². The predicted octanol–water partition coefficient (Wildman–Crippen LogP) is 3.13. The maximum Gasteiger partial charge on any atom is 0.109 e. The lowest BCUT2D eigenvalue weighted by molar-refractivity contribution is 1.08. The van der Waals surface area contributed by atoms with Crippen molar-refractivity contribution >= 4 is 17.1 Å². The number of benzene rings is 1. The quantitative estimate of drug-likeness (QED) is 0.691. The fraction of sp³-hybridized carbons (Fsp3) is 0. The van der Waals surface area contributed by atoms with Gasteiger partial charge in [-0.2, -0.15) is 5.10 Å². The summed E-state index contributed by atoms with van der Waals surface area (Å²) in [5.41, 5.74) is 3.13. The second-order valence-corrected chi connectivity index (χ2v) is 3.60. The first kappa shape index (κ1) is 8.97. The molecule has 0 aliphatic rings. The van der Waals surface area contributed by atoms with Crippen molar-refractivity contribution in [2.75, 3.05) is 0 Å². The van der Waals surface area contributed by atoms with Crippen LogP contribution in [0, 0.1) is 0 Å². The Bertz CT molecular complexity index is 632. The summed E-state index contributed by atoms with van der Waals surface area (Å²) in [6.45, 7) is 3.85. The topological polar surface area (TPSA) is 33.6 Å². The summed E-state index contributed by atoms with van der Waals surface area (Å²) in [7, 11) is 0. The molecule has 3 aromatic rings. The largest absolute Gasteiger partial charge is 0.315 e. The van der Waals surface area contributed by atoms with Gasteiger partial charge >= 0.3 is 0 Å². The minimum absolute atomic E-state index is 0.927. The molecule has 3 heteroatoms. The van der Waals surface area contributed by atoms with Crippen LogP contribution in [0.25, 0.3) is 28.5 Å². The lowest BCUT2D eigenvalue weighted by Crippen LogP contribution is -1.89. The molecule has 0 bridgehead atoms. The molecule has 0 atom stereocenters. The van der Waals surface area contributed by atoms with Crippen LogP contribution >= 0.6 is 0 Å². The van der Waals surface area contributed by atoms with E-state index in [0.717, 1.165) is 16.9 Å². The van der Waals surface area contributed by atoms with E-state index in [-0.39, 0.29) is 0 Å². The first-order valence-electron chi connectivity index (χ1n) is 5.13. The van der Waals surface area contributed by atoms with Crippen LogP contribution in [0.2, 0.25) is 0 Å². The Morgan fingerprint density at radius 2 is 2.12 bits per heavy atom. The minimum Gasteiger partial charge on any atom is -0.315 e. The molecular weight excluding hydrogens is 198 g/mol. The molecular formula is C13H11N3. The molecule has 16 heavy (non-hydrogen) atoms. The normalized spacial score (nSPS) is 10.8. The molecule has 78 valence electrons. The number of hydrogen-bond donors (Lipinski definition) is 1. The Kier molecular flexibility index (Phi) is 1.90. The smallest absolute Gasteiger partial charge is 0.109 e. The Morgan fingerprint density at radius 3 is 2.88 bits per heavy atom. The molecule has 0 unspecified atom stereocenters. The Balaban J connectivity index is 2.37. The highest BCUT2D eigenvalue weighted by Gasteiger charge is 2.09. The first-order chi connectivity index (χ1) is 7.90. The van der Waals surface area contributed by atoms with Gasteiger partial charge in [-0.1, -0.05) is 24.8 Å². The van der Waals surface area contributed by atoms with Crippen LogP contribution in [-0.2, 0) is 0 Å². The molecule has 3 nitrogen and oxygen atoms in total. The SMILES string of the molecule is C=Cn1c(-c2cc[nH]n2)cc2ccccc21. The fourth-order valence-corrected chi connectivity index (χ4v) is 1.97. The zero-order valence-corrected chi connectivity index (χ0v) is 8.72. The van der Waals surface area contributed by atoms with Crippen LogP contribution < -0.4 is 0 Å². The standard InChI is InChI=1S/C13H11N3/c1-2-16-12-6-4-3-5-10(12)9-13(16)11-7-8-14-15-11/h2-9H,1H2,(H,14,15). The number of para-hydroxylation sites is 1. The zero-order chi connectivity index (χ0) is 11.0. The molecule has 1 N–H and O–H groups in total. The molecule has 2 aromatic heterocycles. The highest BCUT2D eigenvalue weighted by Crippen LogP contribution is 2.26. The Morgan fingerprint density at radius 1 is 1.25 bits per heavy atom. The summed E-state index contributed by atoms with van der Waals surface area (Å²) in [5, 5.41) is 8.22. The van der Waals surface area contributed by atoms with Gasteiger partial charge in [0.15, 0.2) is 0 Å². The molecule has 0 amide bonds. The maximum atomic E-state index is 4.20. The van der Waals surface area contributed by atoms with Gasteiger partial charge in [-0.15, -0.1) is 0 Å². The summed E-state index contributed by atoms with van der Waals surface area (Å²) in [6.07, 6.45) is 3.63. The number of aromatic amines is 1. The lowest BCUT2D eigenvalue weighted by Gasteiger charge is -2.01. The molecule has 0 aliphatic carbocycles. The third kappa shape index (κ3) is 1.18. The van der Waals surface area contributed by atoms with Crippen molar-refractivity contribution in [2.24, 2.45) is 0 Å².